The van der Waals surface area contributed by atoms with Crippen molar-refractivity contribution in [1.82, 2.24) is 5.32 Å². The fourth-order valence-corrected chi connectivity index (χ4v) is 3.02. The van der Waals surface area contributed by atoms with Crippen molar-refractivity contribution in [1.29, 1.82) is 0 Å². The first-order valence-corrected chi connectivity index (χ1v) is 8.06. The molecule has 0 aliphatic carbocycles. The summed E-state index contributed by atoms with van der Waals surface area (Å²) in [7, 11) is 0. The van der Waals surface area contributed by atoms with E-state index in [9.17, 15) is 14.4 Å². The number of anilines is 1. The molecule has 0 aromatic heterocycles. The third-order valence-electron chi connectivity index (χ3n) is 3.38. The van der Waals surface area contributed by atoms with Crippen LogP contribution in [0.25, 0.3) is 0 Å². The predicted molar refractivity (Wildman–Crippen MR) is 88.7 cm³/mol. The van der Waals surface area contributed by atoms with Crippen LogP contribution in [0.5, 0.6) is 0 Å². The zero-order valence-corrected chi connectivity index (χ0v) is 13.6. The van der Waals surface area contributed by atoms with E-state index in [0.29, 0.717) is 11.3 Å². The SMILES string of the molecule is C/C=C/CC(NC(=O)c1ccc2c(c1)NC(=O)C(C)S2)C(=O)O. The molecule has 6 nitrogen and oxygen atoms in total. The van der Waals surface area contributed by atoms with Crippen LogP contribution in [0.2, 0.25) is 0 Å². The number of carbonyl (C=O) groups is 3. The molecule has 122 valence electrons. The van der Waals surface area contributed by atoms with Crippen LogP contribution in [0.3, 0.4) is 0 Å². The second-order valence-corrected chi connectivity index (χ2v) is 6.51. The highest BCUT2D eigenvalue weighted by Gasteiger charge is 2.25. The summed E-state index contributed by atoms with van der Waals surface area (Å²) in [5, 5.41) is 14.2. The monoisotopic (exact) mass is 334 g/mol. The number of carboxylic acid groups (broad SMARTS) is 1. The van der Waals surface area contributed by atoms with E-state index in [0.717, 1.165) is 4.90 Å². The van der Waals surface area contributed by atoms with Crippen LogP contribution in [0.15, 0.2) is 35.2 Å². The van der Waals surface area contributed by atoms with Crippen LogP contribution in [0.4, 0.5) is 5.69 Å². The fourth-order valence-electron chi connectivity index (χ4n) is 2.09. The molecule has 2 rings (SSSR count). The Bertz CT molecular complexity index is 672. The standard InChI is InChI=1S/C16H18N2O4S/c1-3-4-5-11(16(21)22)17-15(20)10-6-7-13-12(8-10)18-14(19)9(2)23-13/h3-4,6-9,11H,5H2,1-2H3,(H,17,20)(H,18,19)(H,21,22)/b4-3+. The molecule has 23 heavy (non-hydrogen) atoms. The first-order chi connectivity index (χ1) is 10.9. The summed E-state index contributed by atoms with van der Waals surface area (Å²) >= 11 is 1.42. The summed E-state index contributed by atoms with van der Waals surface area (Å²) < 4.78 is 0. The summed E-state index contributed by atoms with van der Waals surface area (Å²) in [4.78, 5) is 36.0. The molecule has 0 bridgehead atoms. The van der Waals surface area contributed by atoms with Gasteiger partial charge in [0.2, 0.25) is 5.91 Å². The Morgan fingerprint density at radius 2 is 2.22 bits per heavy atom. The average Bonchev–Trinajstić information content (AvgIpc) is 2.51. The average molecular weight is 334 g/mol. The van der Waals surface area contributed by atoms with Crippen LogP contribution >= 0.6 is 11.8 Å². The van der Waals surface area contributed by atoms with Crippen molar-refractivity contribution in [3.8, 4) is 0 Å². The lowest BCUT2D eigenvalue weighted by Crippen LogP contribution is -2.40. The minimum Gasteiger partial charge on any atom is -0.480 e. The molecule has 2 unspecified atom stereocenters. The van der Waals surface area contributed by atoms with E-state index in [2.05, 4.69) is 10.6 Å². The lowest BCUT2D eigenvalue weighted by molar-refractivity contribution is -0.139. The lowest BCUT2D eigenvalue weighted by Gasteiger charge is -2.22. The van der Waals surface area contributed by atoms with Gasteiger partial charge in [0.15, 0.2) is 0 Å². The third kappa shape index (κ3) is 4.13. The minimum atomic E-state index is -1.09. The molecular weight excluding hydrogens is 316 g/mol. The number of nitrogens with one attached hydrogen (secondary N) is 2. The van der Waals surface area contributed by atoms with Crippen LogP contribution in [-0.4, -0.2) is 34.2 Å². The molecule has 7 heteroatoms. The van der Waals surface area contributed by atoms with Gasteiger partial charge in [-0.1, -0.05) is 12.2 Å². The third-order valence-corrected chi connectivity index (χ3v) is 4.56. The topological polar surface area (TPSA) is 95.5 Å². The van der Waals surface area contributed by atoms with Crippen molar-refractivity contribution < 1.29 is 19.5 Å². The van der Waals surface area contributed by atoms with Gasteiger partial charge in [-0.2, -0.15) is 0 Å². The molecule has 1 aliphatic rings. The van der Waals surface area contributed by atoms with E-state index >= 15 is 0 Å². The van der Waals surface area contributed by atoms with Gasteiger partial charge in [0.1, 0.15) is 6.04 Å². The number of hydrogen-bond donors (Lipinski definition) is 3. The van der Waals surface area contributed by atoms with Crippen molar-refractivity contribution in [2.24, 2.45) is 0 Å². The van der Waals surface area contributed by atoms with Crippen molar-refractivity contribution >= 4 is 35.2 Å². The largest absolute Gasteiger partial charge is 0.480 e. The zero-order valence-electron chi connectivity index (χ0n) is 12.8. The van der Waals surface area contributed by atoms with Gasteiger partial charge in [-0.15, -0.1) is 11.8 Å². The molecule has 0 saturated carbocycles. The van der Waals surface area contributed by atoms with Crippen LogP contribution in [-0.2, 0) is 9.59 Å². The summed E-state index contributed by atoms with van der Waals surface area (Å²) in [5.74, 6) is -1.69. The molecule has 1 aromatic carbocycles. The molecule has 0 fully saturated rings. The Labute approximate surface area is 138 Å². The Morgan fingerprint density at radius 1 is 1.48 bits per heavy atom. The molecule has 2 atom stereocenters. The maximum atomic E-state index is 12.2. The molecule has 0 spiro atoms. The van der Waals surface area contributed by atoms with Crippen LogP contribution < -0.4 is 10.6 Å². The van der Waals surface area contributed by atoms with Gasteiger partial charge in [-0.3, -0.25) is 9.59 Å². The molecular formula is C16H18N2O4S. The van der Waals surface area contributed by atoms with Gasteiger partial charge >= 0.3 is 5.97 Å². The molecule has 3 N–H and O–H groups in total. The number of carbonyl (C=O) groups excluding carboxylic acids is 2. The van der Waals surface area contributed by atoms with E-state index in [-0.39, 0.29) is 17.6 Å². The Kier molecular flexibility index (Phi) is 5.44. The molecule has 1 aliphatic heterocycles. The van der Waals surface area contributed by atoms with E-state index < -0.39 is 17.9 Å². The van der Waals surface area contributed by atoms with Crippen molar-refractivity contribution in [2.45, 2.75) is 36.5 Å². The number of thioether (sulfide) groups is 1. The van der Waals surface area contributed by atoms with Crippen LogP contribution in [0.1, 0.15) is 30.6 Å². The van der Waals surface area contributed by atoms with E-state index in [1.54, 1.807) is 37.3 Å². The molecule has 0 radical (unpaired) electrons. The number of allylic oxidation sites excluding steroid dienone is 1. The van der Waals surface area contributed by atoms with Crippen molar-refractivity contribution in [3.05, 3.63) is 35.9 Å². The zero-order chi connectivity index (χ0) is 17.0. The highest BCUT2D eigenvalue weighted by atomic mass is 32.2. The lowest BCUT2D eigenvalue weighted by atomic mass is 10.1. The van der Waals surface area contributed by atoms with Crippen molar-refractivity contribution in [2.75, 3.05) is 5.32 Å². The van der Waals surface area contributed by atoms with Gasteiger partial charge in [0.05, 0.1) is 10.9 Å². The number of aliphatic carboxylic acids is 1. The maximum Gasteiger partial charge on any atom is 0.326 e. The molecule has 1 aromatic rings. The summed E-state index contributed by atoms with van der Waals surface area (Å²) in [6, 6.07) is 3.96. The number of fused-ring (bicyclic) bond motifs is 1. The number of hydrogen-bond acceptors (Lipinski definition) is 4. The van der Waals surface area contributed by atoms with Gasteiger partial charge in [-0.25, -0.2) is 4.79 Å². The highest BCUT2D eigenvalue weighted by molar-refractivity contribution is 8.00. The van der Waals surface area contributed by atoms with E-state index in [1.165, 1.54) is 11.8 Å². The van der Waals surface area contributed by atoms with Gasteiger partial charge in [-0.05, 0) is 38.5 Å². The first-order valence-electron chi connectivity index (χ1n) is 7.18. The number of benzene rings is 1. The second-order valence-electron chi connectivity index (χ2n) is 5.13. The number of carboxylic acids is 1. The molecule has 0 saturated heterocycles. The normalized spacial score (nSPS) is 18.2. The quantitative estimate of drug-likeness (QED) is 0.718. The minimum absolute atomic E-state index is 0.114. The van der Waals surface area contributed by atoms with Crippen LogP contribution in [0, 0.1) is 0 Å². The molecule has 1 heterocycles. The van der Waals surface area contributed by atoms with E-state index in [1.807, 2.05) is 6.92 Å². The summed E-state index contributed by atoms with van der Waals surface area (Å²) in [6.45, 7) is 3.59. The Morgan fingerprint density at radius 3 is 2.87 bits per heavy atom. The number of rotatable bonds is 5. The molecule has 2 amide bonds. The van der Waals surface area contributed by atoms with Gasteiger partial charge in [0.25, 0.3) is 5.91 Å². The van der Waals surface area contributed by atoms with Gasteiger partial charge in [0, 0.05) is 10.5 Å². The first kappa shape index (κ1) is 17.1. The smallest absolute Gasteiger partial charge is 0.326 e. The maximum absolute atomic E-state index is 12.2. The Balaban J connectivity index is 2.15. The summed E-state index contributed by atoms with van der Waals surface area (Å²) in [6.07, 6.45) is 3.63. The number of amides is 2. The fraction of sp³-hybridized carbons (Fsp3) is 0.312. The predicted octanol–water partition coefficient (Wildman–Crippen LogP) is 2.27. The van der Waals surface area contributed by atoms with E-state index in [4.69, 9.17) is 5.11 Å². The highest BCUT2D eigenvalue weighted by Crippen LogP contribution is 2.35. The van der Waals surface area contributed by atoms with Gasteiger partial charge < -0.3 is 15.7 Å². The Hall–Kier alpha value is -2.28. The summed E-state index contributed by atoms with van der Waals surface area (Å²) in [5.41, 5.74) is 0.886. The van der Waals surface area contributed by atoms with Crippen molar-refractivity contribution in [3.63, 3.8) is 0 Å². The second kappa shape index (κ2) is 7.32.